The number of nitrogens with one attached hydrogen (secondary N) is 1. The lowest BCUT2D eigenvalue weighted by molar-refractivity contribution is 0.559. The summed E-state index contributed by atoms with van der Waals surface area (Å²) in [6, 6.07) is 3.56. The Hall–Kier alpha value is -1.30. The molecule has 19 heavy (non-hydrogen) atoms. The quantitative estimate of drug-likeness (QED) is 0.670. The van der Waals surface area contributed by atoms with E-state index in [0.717, 1.165) is 17.7 Å². The summed E-state index contributed by atoms with van der Waals surface area (Å²) in [5.74, 6) is 5.31. The Balaban J connectivity index is 1.98. The number of halogens is 1. The fourth-order valence-corrected chi connectivity index (χ4v) is 3.94. The fourth-order valence-electron chi connectivity index (χ4n) is 2.60. The maximum absolute atomic E-state index is 13.8. The summed E-state index contributed by atoms with van der Waals surface area (Å²) in [5.41, 5.74) is 4.68. The number of rotatable bonds is 3. The van der Waals surface area contributed by atoms with Gasteiger partial charge in [-0.1, -0.05) is 0 Å². The number of nitrogens with zero attached hydrogens (tertiary/aromatic N) is 1. The van der Waals surface area contributed by atoms with Crippen LogP contribution in [0.3, 0.4) is 0 Å². The van der Waals surface area contributed by atoms with Crippen LogP contribution in [-0.2, 0) is 12.8 Å². The van der Waals surface area contributed by atoms with Crippen molar-refractivity contribution in [3.63, 3.8) is 0 Å². The number of aryl methyl sites for hydroxylation is 2. The predicted molar refractivity (Wildman–Crippen MR) is 74.3 cm³/mol. The number of hydrogen-bond acceptors (Lipinski definition) is 4. The summed E-state index contributed by atoms with van der Waals surface area (Å²) in [7, 11) is 0. The zero-order valence-corrected chi connectivity index (χ0v) is 11.3. The SMILES string of the molecule is NNC(c1cc2c(s1)CCCC2)c1ccncc1F. The van der Waals surface area contributed by atoms with Gasteiger partial charge in [0.1, 0.15) is 5.82 Å². The first-order chi connectivity index (χ1) is 9.29. The second kappa shape index (κ2) is 5.36. The van der Waals surface area contributed by atoms with Gasteiger partial charge in [-0.25, -0.2) is 9.82 Å². The summed E-state index contributed by atoms with van der Waals surface area (Å²) >= 11 is 1.74. The van der Waals surface area contributed by atoms with E-state index in [1.807, 2.05) is 0 Å². The minimum Gasteiger partial charge on any atom is -0.271 e. The zero-order chi connectivity index (χ0) is 13.2. The van der Waals surface area contributed by atoms with Crippen LogP contribution in [0.15, 0.2) is 24.5 Å². The molecular weight excluding hydrogens is 261 g/mol. The number of hydrazine groups is 1. The van der Waals surface area contributed by atoms with Crippen LogP contribution in [0, 0.1) is 5.82 Å². The van der Waals surface area contributed by atoms with Crippen LogP contribution >= 0.6 is 11.3 Å². The first kappa shape index (κ1) is 12.7. The maximum atomic E-state index is 13.8. The molecule has 0 amide bonds. The lowest BCUT2D eigenvalue weighted by atomic mass is 9.98. The molecule has 0 bridgehead atoms. The van der Waals surface area contributed by atoms with Crippen molar-refractivity contribution in [3.8, 4) is 0 Å². The van der Waals surface area contributed by atoms with Gasteiger partial charge < -0.3 is 0 Å². The van der Waals surface area contributed by atoms with Gasteiger partial charge in [-0.2, -0.15) is 0 Å². The summed E-state index contributed by atoms with van der Waals surface area (Å²) in [6.07, 6.45) is 7.58. The van der Waals surface area contributed by atoms with Gasteiger partial charge in [-0.15, -0.1) is 11.3 Å². The molecule has 0 fully saturated rings. The number of fused-ring (bicyclic) bond motifs is 1. The zero-order valence-electron chi connectivity index (χ0n) is 10.5. The highest BCUT2D eigenvalue weighted by Crippen LogP contribution is 2.35. The van der Waals surface area contributed by atoms with Gasteiger partial charge in [0.25, 0.3) is 0 Å². The van der Waals surface area contributed by atoms with E-state index < -0.39 is 0 Å². The second-order valence-electron chi connectivity index (χ2n) is 4.80. The molecule has 0 aromatic carbocycles. The average molecular weight is 277 g/mol. The Morgan fingerprint density at radius 2 is 2.21 bits per heavy atom. The Labute approximate surface area is 115 Å². The van der Waals surface area contributed by atoms with Crippen molar-refractivity contribution >= 4 is 11.3 Å². The van der Waals surface area contributed by atoms with Crippen LogP contribution in [0.2, 0.25) is 0 Å². The lowest BCUT2D eigenvalue weighted by Crippen LogP contribution is -2.29. The molecule has 0 saturated heterocycles. The molecule has 0 aliphatic heterocycles. The maximum Gasteiger partial charge on any atom is 0.146 e. The normalized spacial score (nSPS) is 16.1. The summed E-state index contributed by atoms with van der Waals surface area (Å²) < 4.78 is 13.8. The largest absolute Gasteiger partial charge is 0.271 e. The van der Waals surface area contributed by atoms with E-state index in [1.54, 1.807) is 23.6 Å². The smallest absolute Gasteiger partial charge is 0.146 e. The third-order valence-corrected chi connectivity index (χ3v) is 4.88. The standard InChI is InChI=1S/C14H16FN3S/c15-11-8-17-6-5-10(11)14(18-16)13-7-9-3-1-2-4-12(9)19-13/h5-8,14,18H,1-4,16H2. The third kappa shape index (κ3) is 2.41. The number of thiophene rings is 1. The monoisotopic (exact) mass is 277 g/mol. The molecule has 1 atom stereocenters. The minimum absolute atomic E-state index is 0.293. The number of hydrogen-bond donors (Lipinski definition) is 2. The topological polar surface area (TPSA) is 50.9 Å². The van der Waals surface area contributed by atoms with Crippen LogP contribution in [0.4, 0.5) is 4.39 Å². The van der Waals surface area contributed by atoms with Crippen molar-refractivity contribution in [2.24, 2.45) is 5.84 Å². The van der Waals surface area contributed by atoms with Crippen LogP contribution in [0.25, 0.3) is 0 Å². The van der Waals surface area contributed by atoms with Crippen molar-refractivity contribution in [3.05, 3.63) is 51.2 Å². The molecule has 1 aliphatic rings. The molecule has 2 aromatic rings. The van der Waals surface area contributed by atoms with Gasteiger partial charge in [-0.3, -0.25) is 10.8 Å². The van der Waals surface area contributed by atoms with Gasteiger partial charge in [0.15, 0.2) is 0 Å². The molecule has 2 aromatic heterocycles. The summed E-state index contributed by atoms with van der Waals surface area (Å²) in [4.78, 5) is 6.29. The highest BCUT2D eigenvalue weighted by Gasteiger charge is 2.21. The molecule has 1 unspecified atom stereocenters. The molecule has 0 saturated carbocycles. The van der Waals surface area contributed by atoms with Gasteiger partial charge in [-0.05, 0) is 43.4 Å². The first-order valence-electron chi connectivity index (χ1n) is 6.46. The van der Waals surface area contributed by atoms with Gasteiger partial charge >= 0.3 is 0 Å². The van der Waals surface area contributed by atoms with E-state index in [0.29, 0.717) is 5.56 Å². The molecule has 0 radical (unpaired) electrons. The van der Waals surface area contributed by atoms with E-state index in [1.165, 1.54) is 29.5 Å². The molecule has 3 N–H and O–H groups in total. The Kier molecular flexibility index (Phi) is 3.59. The number of nitrogens with two attached hydrogens (primary N) is 1. The Bertz CT molecular complexity index is 558. The van der Waals surface area contributed by atoms with Gasteiger partial charge in [0.05, 0.1) is 12.2 Å². The van der Waals surface area contributed by atoms with E-state index in [9.17, 15) is 4.39 Å². The lowest BCUT2D eigenvalue weighted by Gasteiger charge is -2.15. The van der Waals surface area contributed by atoms with E-state index in [-0.39, 0.29) is 11.9 Å². The number of pyridine rings is 1. The van der Waals surface area contributed by atoms with E-state index >= 15 is 0 Å². The molecule has 3 nitrogen and oxygen atoms in total. The van der Waals surface area contributed by atoms with Crippen molar-refractivity contribution in [1.29, 1.82) is 0 Å². The van der Waals surface area contributed by atoms with Crippen LogP contribution < -0.4 is 11.3 Å². The highest BCUT2D eigenvalue weighted by molar-refractivity contribution is 7.12. The fraction of sp³-hybridized carbons (Fsp3) is 0.357. The Morgan fingerprint density at radius 1 is 1.37 bits per heavy atom. The van der Waals surface area contributed by atoms with Crippen molar-refractivity contribution in [1.82, 2.24) is 10.4 Å². The molecular formula is C14H16FN3S. The van der Waals surface area contributed by atoms with Gasteiger partial charge in [0.2, 0.25) is 0 Å². The molecule has 100 valence electrons. The second-order valence-corrected chi connectivity index (χ2v) is 5.97. The van der Waals surface area contributed by atoms with E-state index in [2.05, 4.69) is 16.5 Å². The first-order valence-corrected chi connectivity index (χ1v) is 7.28. The molecule has 5 heteroatoms. The molecule has 3 rings (SSSR count). The van der Waals surface area contributed by atoms with Crippen LogP contribution in [-0.4, -0.2) is 4.98 Å². The van der Waals surface area contributed by atoms with Gasteiger partial charge in [0, 0.05) is 21.5 Å². The average Bonchev–Trinajstić information content (AvgIpc) is 2.85. The van der Waals surface area contributed by atoms with Crippen LogP contribution in [0.5, 0.6) is 0 Å². The van der Waals surface area contributed by atoms with Crippen molar-refractivity contribution in [2.45, 2.75) is 31.7 Å². The molecule has 0 spiro atoms. The summed E-state index contributed by atoms with van der Waals surface area (Å²) in [5, 5.41) is 0. The summed E-state index contributed by atoms with van der Waals surface area (Å²) in [6.45, 7) is 0. The third-order valence-electron chi connectivity index (χ3n) is 3.58. The Morgan fingerprint density at radius 3 is 2.95 bits per heavy atom. The van der Waals surface area contributed by atoms with E-state index in [4.69, 9.17) is 5.84 Å². The molecule has 1 aliphatic carbocycles. The minimum atomic E-state index is -0.322. The predicted octanol–water partition coefficient (Wildman–Crippen LogP) is 2.71. The van der Waals surface area contributed by atoms with Crippen molar-refractivity contribution in [2.75, 3.05) is 0 Å². The molecule has 2 heterocycles. The number of aromatic nitrogens is 1. The highest BCUT2D eigenvalue weighted by atomic mass is 32.1. The van der Waals surface area contributed by atoms with Crippen LogP contribution in [0.1, 0.15) is 39.8 Å². The van der Waals surface area contributed by atoms with Crippen molar-refractivity contribution < 1.29 is 4.39 Å².